The van der Waals surface area contributed by atoms with E-state index in [9.17, 15) is 4.79 Å². The Morgan fingerprint density at radius 3 is 2.86 bits per heavy atom. The Kier molecular flexibility index (Phi) is 4.02. The zero-order chi connectivity index (χ0) is 14.5. The summed E-state index contributed by atoms with van der Waals surface area (Å²) >= 11 is 1.51. The monoisotopic (exact) mass is 299 g/mol. The van der Waals surface area contributed by atoms with E-state index >= 15 is 0 Å². The maximum absolute atomic E-state index is 11.8. The zero-order valence-corrected chi connectivity index (χ0v) is 12.0. The lowest BCUT2D eigenvalue weighted by Gasteiger charge is -2.07. The number of hydrogen-bond donors (Lipinski definition) is 1. The smallest absolute Gasteiger partial charge is 0.252 e. The number of imidazole rings is 1. The van der Waals surface area contributed by atoms with E-state index in [1.807, 2.05) is 21.5 Å². The molecule has 0 bridgehead atoms. The number of rotatable bonds is 5. The summed E-state index contributed by atoms with van der Waals surface area (Å²) in [4.78, 5) is 24.5. The number of carbonyl (C=O) groups is 1. The van der Waals surface area contributed by atoms with Gasteiger partial charge in [0, 0.05) is 48.8 Å². The second-order valence-electron chi connectivity index (χ2n) is 4.28. The van der Waals surface area contributed by atoms with Crippen LogP contribution in [0.25, 0.3) is 11.6 Å². The molecule has 0 atom stereocenters. The number of thiophene rings is 1. The molecule has 0 saturated carbocycles. The molecule has 1 amide bonds. The minimum atomic E-state index is -0.0612. The van der Waals surface area contributed by atoms with Crippen LogP contribution in [-0.4, -0.2) is 32.0 Å². The summed E-state index contributed by atoms with van der Waals surface area (Å²) in [5.74, 6) is 1.21. The lowest BCUT2D eigenvalue weighted by atomic mass is 10.3. The molecule has 3 aromatic heterocycles. The fraction of sp³-hybridized carbons (Fsp3) is 0.143. The largest absolute Gasteiger partial charge is 0.350 e. The van der Waals surface area contributed by atoms with Crippen LogP contribution in [0.4, 0.5) is 0 Å². The Bertz CT molecular complexity index is 708. The molecule has 0 saturated heterocycles. The fourth-order valence-electron chi connectivity index (χ4n) is 1.90. The first kappa shape index (κ1) is 13.4. The van der Waals surface area contributed by atoms with Gasteiger partial charge in [-0.2, -0.15) is 11.3 Å². The third kappa shape index (κ3) is 3.14. The molecule has 6 nitrogen and oxygen atoms in total. The molecule has 0 aromatic carbocycles. The number of carbonyl (C=O) groups excluding carboxylic acids is 1. The molecule has 7 heteroatoms. The van der Waals surface area contributed by atoms with E-state index in [1.165, 1.54) is 11.3 Å². The van der Waals surface area contributed by atoms with Crippen molar-refractivity contribution in [2.45, 2.75) is 6.54 Å². The molecule has 0 aliphatic rings. The quantitative estimate of drug-likeness (QED) is 0.780. The number of nitrogens with zero attached hydrogens (tertiary/aromatic N) is 4. The topological polar surface area (TPSA) is 72.7 Å². The summed E-state index contributed by atoms with van der Waals surface area (Å²) in [5, 5.41) is 6.59. The molecular formula is C14H13N5OS. The van der Waals surface area contributed by atoms with Gasteiger partial charge in [-0.1, -0.05) is 0 Å². The summed E-state index contributed by atoms with van der Waals surface area (Å²) < 4.78 is 1.92. The lowest BCUT2D eigenvalue weighted by molar-refractivity contribution is 0.0953. The molecule has 21 heavy (non-hydrogen) atoms. The Morgan fingerprint density at radius 2 is 2.10 bits per heavy atom. The van der Waals surface area contributed by atoms with Crippen LogP contribution in [0.2, 0.25) is 0 Å². The molecule has 3 aromatic rings. The summed E-state index contributed by atoms with van der Waals surface area (Å²) in [6, 6.07) is 3.57. The van der Waals surface area contributed by atoms with Crippen molar-refractivity contribution >= 4 is 17.2 Å². The van der Waals surface area contributed by atoms with E-state index in [1.54, 1.807) is 30.7 Å². The minimum absolute atomic E-state index is 0.0612. The van der Waals surface area contributed by atoms with Gasteiger partial charge in [0.1, 0.15) is 0 Å². The van der Waals surface area contributed by atoms with Gasteiger partial charge in [0.2, 0.25) is 0 Å². The highest BCUT2D eigenvalue weighted by Crippen LogP contribution is 2.10. The predicted octanol–water partition coefficient (Wildman–Crippen LogP) is 1.83. The van der Waals surface area contributed by atoms with Crippen molar-refractivity contribution in [3.8, 4) is 11.6 Å². The maximum Gasteiger partial charge on any atom is 0.252 e. The van der Waals surface area contributed by atoms with Gasteiger partial charge < -0.3 is 9.88 Å². The first-order chi connectivity index (χ1) is 10.3. The van der Waals surface area contributed by atoms with Crippen LogP contribution >= 0.6 is 11.3 Å². The molecule has 3 heterocycles. The predicted molar refractivity (Wildman–Crippen MR) is 79.9 cm³/mol. The molecule has 3 rings (SSSR count). The number of aromatic nitrogens is 4. The van der Waals surface area contributed by atoms with Crippen molar-refractivity contribution in [2.24, 2.45) is 0 Å². The highest BCUT2D eigenvalue weighted by Gasteiger charge is 2.09. The third-order valence-corrected chi connectivity index (χ3v) is 3.59. The summed E-state index contributed by atoms with van der Waals surface area (Å²) in [7, 11) is 0. The molecule has 0 spiro atoms. The van der Waals surface area contributed by atoms with Crippen LogP contribution in [0.3, 0.4) is 0 Å². The van der Waals surface area contributed by atoms with E-state index in [0.717, 1.165) is 0 Å². The normalized spacial score (nSPS) is 10.5. The van der Waals surface area contributed by atoms with Crippen molar-refractivity contribution in [1.82, 2.24) is 24.8 Å². The summed E-state index contributed by atoms with van der Waals surface area (Å²) in [5.41, 5.74) is 0.692. The van der Waals surface area contributed by atoms with Crippen LogP contribution < -0.4 is 5.32 Å². The Morgan fingerprint density at radius 1 is 1.24 bits per heavy atom. The van der Waals surface area contributed by atoms with Crippen molar-refractivity contribution in [3.05, 3.63) is 53.2 Å². The van der Waals surface area contributed by atoms with Gasteiger partial charge >= 0.3 is 0 Å². The fourth-order valence-corrected chi connectivity index (χ4v) is 2.53. The molecule has 106 valence electrons. The van der Waals surface area contributed by atoms with E-state index in [2.05, 4.69) is 20.3 Å². The average Bonchev–Trinajstić information content (AvgIpc) is 3.20. The number of amides is 1. The summed E-state index contributed by atoms with van der Waals surface area (Å²) in [6.07, 6.45) is 6.91. The first-order valence-electron chi connectivity index (χ1n) is 6.43. The van der Waals surface area contributed by atoms with Crippen molar-refractivity contribution in [3.63, 3.8) is 0 Å². The van der Waals surface area contributed by atoms with E-state index in [0.29, 0.717) is 30.3 Å². The van der Waals surface area contributed by atoms with Gasteiger partial charge in [-0.3, -0.25) is 4.79 Å². The standard InChI is InChI=1S/C14H13N5OS/c20-14(11-2-9-21-10-11)18-6-8-19-7-5-17-13(19)12-15-3-1-4-16-12/h1-5,7,9-10H,6,8H2,(H,18,20). The second-order valence-corrected chi connectivity index (χ2v) is 5.06. The second kappa shape index (κ2) is 6.27. The van der Waals surface area contributed by atoms with Crippen LogP contribution in [0.5, 0.6) is 0 Å². The Hall–Kier alpha value is -2.54. The van der Waals surface area contributed by atoms with E-state index < -0.39 is 0 Å². The highest BCUT2D eigenvalue weighted by atomic mass is 32.1. The van der Waals surface area contributed by atoms with Gasteiger partial charge in [0.25, 0.3) is 5.91 Å². The van der Waals surface area contributed by atoms with Gasteiger partial charge in [0.15, 0.2) is 11.6 Å². The van der Waals surface area contributed by atoms with Gasteiger partial charge in [-0.25, -0.2) is 15.0 Å². The minimum Gasteiger partial charge on any atom is -0.350 e. The zero-order valence-electron chi connectivity index (χ0n) is 11.1. The average molecular weight is 299 g/mol. The maximum atomic E-state index is 11.8. The molecule has 1 N–H and O–H groups in total. The van der Waals surface area contributed by atoms with Crippen molar-refractivity contribution in [2.75, 3.05) is 6.54 Å². The first-order valence-corrected chi connectivity index (χ1v) is 7.38. The van der Waals surface area contributed by atoms with Crippen LogP contribution in [0, 0.1) is 0 Å². The van der Waals surface area contributed by atoms with Crippen LogP contribution in [-0.2, 0) is 6.54 Å². The molecular weight excluding hydrogens is 286 g/mol. The van der Waals surface area contributed by atoms with Crippen LogP contribution in [0.1, 0.15) is 10.4 Å². The Balaban J connectivity index is 1.62. The van der Waals surface area contributed by atoms with Crippen molar-refractivity contribution in [1.29, 1.82) is 0 Å². The number of nitrogens with one attached hydrogen (secondary N) is 1. The number of hydrogen-bond acceptors (Lipinski definition) is 5. The lowest BCUT2D eigenvalue weighted by Crippen LogP contribution is -2.26. The van der Waals surface area contributed by atoms with E-state index in [4.69, 9.17) is 0 Å². The SMILES string of the molecule is O=C(NCCn1ccnc1-c1ncccn1)c1ccsc1. The van der Waals surface area contributed by atoms with Crippen LogP contribution in [0.15, 0.2) is 47.7 Å². The van der Waals surface area contributed by atoms with Gasteiger partial charge in [-0.15, -0.1) is 0 Å². The molecule has 0 aliphatic carbocycles. The highest BCUT2D eigenvalue weighted by molar-refractivity contribution is 7.08. The third-order valence-electron chi connectivity index (χ3n) is 2.90. The molecule has 0 aliphatic heterocycles. The van der Waals surface area contributed by atoms with E-state index in [-0.39, 0.29) is 5.91 Å². The summed E-state index contributed by atoms with van der Waals surface area (Å²) in [6.45, 7) is 1.13. The van der Waals surface area contributed by atoms with Gasteiger partial charge in [-0.05, 0) is 17.5 Å². The Labute approximate surface area is 125 Å². The molecule has 0 radical (unpaired) electrons. The molecule has 0 fully saturated rings. The van der Waals surface area contributed by atoms with Crippen molar-refractivity contribution < 1.29 is 4.79 Å². The molecule has 0 unspecified atom stereocenters. The van der Waals surface area contributed by atoms with Gasteiger partial charge in [0.05, 0.1) is 0 Å².